The maximum absolute atomic E-state index is 12.3. The zero-order chi connectivity index (χ0) is 16.0. The molecule has 0 radical (unpaired) electrons. The van der Waals surface area contributed by atoms with Crippen molar-refractivity contribution in [2.75, 3.05) is 6.61 Å². The number of hydrogen-bond donors (Lipinski definition) is 2. The molecular weight excluding hydrogens is 279 g/mol. The van der Waals surface area contributed by atoms with Gasteiger partial charge in [-0.1, -0.05) is 38.3 Å². The first-order chi connectivity index (χ1) is 9.17. The molecule has 0 amide bonds. The Kier molecular flexibility index (Phi) is 7.71. The van der Waals surface area contributed by atoms with Crippen LogP contribution in [0.5, 0.6) is 0 Å². The summed E-state index contributed by atoms with van der Waals surface area (Å²) in [5.41, 5.74) is 0.915. The lowest BCUT2D eigenvalue weighted by molar-refractivity contribution is -0.148. The fraction of sp³-hybridized carbons (Fsp3) is 0.786. The van der Waals surface area contributed by atoms with Crippen LogP contribution in [0.15, 0.2) is 11.6 Å². The van der Waals surface area contributed by atoms with Crippen LogP contribution in [0.2, 0.25) is 0 Å². The van der Waals surface area contributed by atoms with Crippen LogP contribution >= 0.6 is 7.60 Å². The Bertz CT molecular complexity index is 390. The number of rotatable bonds is 8. The van der Waals surface area contributed by atoms with Gasteiger partial charge in [-0.25, -0.2) is 0 Å². The van der Waals surface area contributed by atoms with Crippen molar-refractivity contribution < 1.29 is 23.9 Å². The van der Waals surface area contributed by atoms with Crippen LogP contribution in [-0.2, 0) is 14.1 Å². The molecule has 0 aliphatic carbocycles. The SMILES string of the molecule is CCOC(=O)C(CC=C(C)C)(C(CC)CC)P(=O)(O)O. The number of allylic oxidation sites excluding steroid dienone is 2. The van der Waals surface area contributed by atoms with E-state index in [4.69, 9.17) is 4.74 Å². The predicted molar refractivity (Wildman–Crippen MR) is 79.5 cm³/mol. The highest BCUT2D eigenvalue weighted by molar-refractivity contribution is 7.54. The summed E-state index contributed by atoms with van der Waals surface area (Å²) < 4.78 is 17.1. The molecule has 6 heteroatoms. The quantitative estimate of drug-likeness (QED) is 0.408. The van der Waals surface area contributed by atoms with Crippen molar-refractivity contribution >= 4 is 13.6 Å². The molecule has 118 valence electrons. The Balaban J connectivity index is 5.96. The van der Waals surface area contributed by atoms with Crippen molar-refractivity contribution in [3.8, 4) is 0 Å². The number of ether oxygens (including phenoxy) is 1. The van der Waals surface area contributed by atoms with Crippen molar-refractivity contribution in [2.45, 2.75) is 59.0 Å². The van der Waals surface area contributed by atoms with E-state index in [1.807, 2.05) is 27.7 Å². The molecule has 5 nitrogen and oxygen atoms in total. The molecule has 2 N–H and O–H groups in total. The van der Waals surface area contributed by atoms with Gasteiger partial charge in [0.25, 0.3) is 0 Å². The molecule has 1 unspecified atom stereocenters. The summed E-state index contributed by atoms with van der Waals surface area (Å²) in [5, 5.41) is -1.77. The Hall–Kier alpha value is -0.640. The molecule has 0 saturated carbocycles. The van der Waals surface area contributed by atoms with Crippen LogP contribution in [0, 0.1) is 5.92 Å². The molecule has 0 aromatic rings. The van der Waals surface area contributed by atoms with Gasteiger partial charge in [-0.15, -0.1) is 0 Å². The van der Waals surface area contributed by atoms with Crippen LogP contribution in [0.4, 0.5) is 0 Å². The molecule has 0 fully saturated rings. The van der Waals surface area contributed by atoms with Crippen LogP contribution in [0.1, 0.15) is 53.9 Å². The Morgan fingerprint density at radius 3 is 2.05 bits per heavy atom. The summed E-state index contributed by atoms with van der Waals surface area (Å²) in [7, 11) is -4.66. The largest absolute Gasteiger partial charge is 0.465 e. The molecule has 0 aromatic carbocycles. The van der Waals surface area contributed by atoms with Gasteiger partial charge < -0.3 is 14.5 Å². The van der Waals surface area contributed by atoms with Crippen molar-refractivity contribution in [2.24, 2.45) is 5.92 Å². The van der Waals surface area contributed by atoms with Gasteiger partial charge in [-0.2, -0.15) is 0 Å². The van der Waals surface area contributed by atoms with E-state index >= 15 is 0 Å². The average molecular weight is 306 g/mol. The van der Waals surface area contributed by atoms with Crippen LogP contribution in [0.25, 0.3) is 0 Å². The van der Waals surface area contributed by atoms with E-state index in [1.54, 1.807) is 13.0 Å². The highest BCUT2D eigenvalue weighted by atomic mass is 31.2. The Morgan fingerprint density at radius 2 is 1.75 bits per heavy atom. The van der Waals surface area contributed by atoms with E-state index in [0.717, 1.165) is 5.57 Å². The first-order valence-corrected chi connectivity index (χ1v) is 8.64. The minimum Gasteiger partial charge on any atom is -0.465 e. The van der Waals surface area contributed by atoms with Gasteiger partial charge in [0, 0.05) is 0 Å². The molecule has 0 saturated heterocycles. The lowest BCUT2D eigenvalue weighted by Gasteiger charge is -2.37. The maximum Gasteiger partial charge on any atom is 0.343 e. The number of carbonyl (C=O) groups is 1. The summed E-state index contributed by atoms with van der Waals surface area (Å²) >= 11 is 0. The molecule has 1 atom stereocenters. The summed E-state index contributed by atoms with van der Waals surface area (Å²) in [5.74, 6) is -1.21. The zero-order valence-corrected chi connectivity index (χ0v) is 13.9. The van der Waals surface area contributed by atoms with E-state index in [2.05, 4.69) is 0 Å². The molecule has 0 rings (SSSR count). The van der Waals surface area contributed by atoms with E-state index in [0.29, 0.717) is 12.8 Å². The summed E-state index contributed by atoms with van der Waals surface area (Å²) in [4.78, 5) is 32.0. The van der Waals surface area contributed by atoms with E-state index < -0.39 is 24.6 Å². The van der Waals surface area contributed by atoms with Crippen LogP contribution < -0.4 is 0 Å². The van der Waals surface area contributed by atoms with Crippen molar-refractivity contribution in [3.63, 3.8) is 0 Å². The summed E-state index contributed by atoms with van der Waals surface area (Å²) in [6.45, 7) is 9.08. The van der Waals surface area contributed by atoms with Gasteiger partial charge in [0.05, 0.1) is 6.61 Å². The van der Waals surface area contributed by atoms with Gasteiger partial charge in [0.15, 0.2) is 5.16 Å². The molecule has 0 heterocycles. The predicted octanol–water partition coefficient (Wildman–Crippen LogP) is 3.26. The molecular formula is C14H27O5P. The lowest BCUT2D eigenvalue weighted by atomic mass is 9.84. The van der Waals surface area contributed by atoms with Crippen molar-refractivity contribution in [3.05, 3.63) is 11.6 Å². The zero-order valence-electron chi connectivity index (χ0n) is 13.0. The fourth-order valence-electron chi connectivity index (χ4n) is 2.47. The fourth-order valence-corrected chi connectivity index (χ4v) is 3.94. The van der Waals surface area contributed by atoms with Crippen LogP contribution in [-0.4, -0.2) is 27.5 Å². The van der Waals surface area contributed by atoms with Crippen molar-refractivity contribution in [1.29, 1.82) is 0 Å². The van der Waals surface area contributed by atoms with E-state index in [-0.39, 0.29) is 13.0 Å². The molecule has 20 heavy (non-hydrogen) atoms. The Labute approximate surface area is 121 Å². The summed E-state index contributed by atoms with van der Waals surface area (Å²) in [6.07, 6.45) is 2.73. The van der Waals surface area contributed by atoms with E-state index in [1.165, 1.54) is 0 Å². The second kappa shape index (κ2) is 7.96. The van der Waals surface area contributed by atoms with Crippen molar-refractivity contribution in [1.82, 2.24) is 0 Å². The number of esters is 1. The lowest BCUT2D eigenvalue weighted by Crippen LogP contribution is -2.46. The smallest absolute Gasteiger partial charge is 0.343 e. The number of hydrogen-bond acceptors (Lipinski definition) is 3. The van der Waals surface area contributed by atoms with Gasteiger partial charge >= 0.3 is 13.6 Å². The summed E-state index contributed by atoms with van der Waals surface area (Å²) in [6, 6.07) is 0. The minimum atomic E-state index is -4.66. The highest BCUT2D eigenvalue weighted by Crippen LogP contribution is 2.59. The standard InChI is InChI=1S/C14H27O5P/c1-6-12(7-2)14(20(16,17)18,10-9-11(4)5)13(15)19-8-3/h9,12H,6-8,10H2,1-5H3,(H2,16,17,18). The molecule has 0 aromatic heterocycles. The average Bonchev–Trinajstić information content (AvgIpc) is 2.32. The number of carbonyl (C=O) groups excluding carboxylic acids is 1. The highest BCUT2D eigenvalue weighted by Gasteiger charge is 2.57. The monoisotopic (exact) mass is 306 g/mol. The third-order valence-electron chi connectivity index (χ3n) is 3.63. The first kappa shape index (κ1) is 19.4. The first-order valence-electron chi connectivity index (χ1n) is 7.03. The van der Waals surface area contributed by atoms with Gasteiger partial charge in [0.1, 0.15) is 0 Å². The van der Waals surface area contributed by atoms with Gasteiger partial charge in [-0.3, -0.25) is 9.36 Å². The normalized spacial score (nSPS) is 14.8. The second-order valence-corrected chi connectivity index (χ2v) is 7.07. The van der Waals surface area contributed by atoms with E-state index in [9.17, 15) is 19.1 Å². The third-order valence-corrected chi connectivity index (χ3v) is 5.40. The van der Waals surface area contributed by atoms with Gasteiger partial charge in [0.2, 0.25) is 0 Å². The molecule has 0 aliphatic rings. The van der Waals surface area contributed by atoms with Gasteiger partial charge in [-0.05, 0) is 33.1 Å². The second-order valence-electron chi connectivity index (χ2n) is 5.19. The topological polar surface area (TPSA) is 83.8 Å². The van der Waals surface area contributed by atoms with Crippen LogP contribution in [0.3, 0.4) is 0 Å². The maximum atomic E-state index is 12.3. The molecule has 0 bridgehead atoms. The minimum absolute atomic E-state index is 0.00475. The molecule has 0 aliphatic heterocycles. The molecule has 0 spiro atoms. The Morgan fingerprint density at radius 1 is 1.25 bits per heavy atom. The third kappa shape index (κ3) is 4.18.